The molecule has 0 radical (unpaired) electrons. The Bertz CT molecular complexity index is 1610. The van der Waals surface area contributed by atoms with E-state index in [1.807, 2.05) is 19.9 Å². The number of methoxy groups -OCH3 is 2. The zero-order valence-electron chi connectivity index (χ0n) is 31.4. The minimum atomic E-state index is -2.48. The molecule has 2 saturated heterocycles. The Morgan fingerprint density at radius 3 is 2.54 bits per heavy atom. The van der Waals surface area contributed by atoms with Crippen molar-refractivity contribution in [1.82, 2.24) is 10.2 Å². The average molecular weight is 766 g/mol. The number of nitrogens with zero attached hydrogens (tertiary/aromatic N) is 2. The number of allylic oxidation sites excluding steroid dienone is 3. The predicted octanol–water partition coefficient (Wildman–Crippen LogP) is 3.86. The van der Waals surface area contributed by atoms with E-state index in [9.17, 15) is 29.1 Å². The van der Waals surface area contributed by atoms with E-state index in [0.717, 1.165) is 16.7 Å². The number of epoxide rings is 1. The molecule has 0 aromatic heterocycles. The van der Waals surface area contributed by atoms with Gasteiger partial charge < -0.3 is 43.4 Å². The SMILES string of the molecule is COc1cc2cc(c1Cl)N(C)C(=O)C[C@H](OC(=O)CN(C)C(=O)CC[Si](C)(C)O)[C@]1(C)O[C@H]1C[C@@H]1C[C@@](O)(NC(=O)O1)[C@H](OC)/C=C/C(C)=C(\C)C2. The fraction of sp³-hybridized carbons (Fsp3) is 0.611. The summed E-state index contributed by atoms with van der Waals surface area (Å²) in [5, 5.41) is 14.4. The molecular formula is C36H52ClN3O11Si. The zero-order valence-corrected chi connectivity index (χ0v) is 33.2. The van der Waals surface area contributed by atoms with Gasteiger partial charge in [-0.15, -0.1) is 0 Å². The van der Waals surface area contributed by atoms with Crippen molar-refractivity contribution in [2.75, 3.05) is 39.8 Å². The van der Waals surface area contributed by atoms with Crippen molar-refractivity contribution >= 4 is 49.5 Å². The van der Waals surface area contributed by atoms with E-state index in [1.165, 1.54) is 31.1 Å². The number of nitrogens with one attached hydrogen (secondary N) is 1. The van der Waals surface area contributed by atoms with Crippen LogP contribution in [0.25, 0.3) is 0 Å². The lowest BCUT2D eigenvalue weighted by Gasteiger charge is -2.40. The molecule has 14 nitrogen and oxygen atoms in total. The average Bonchev–Trinajstić information content (AvgIpc) is 3.71. The van der Waals surface area contributed by atoms with Crippen LogP contribution in [0.4, 0.5) is 10.5 Å². The van der Waals surface area contributed by atoms with Gasteiger partial charge in [0.15, 0.2) is 14.0 Å². The molecule has 3 aliphatic rings. The quantitative estimate of drug-likeness (QED) is 0.199. The van der Waals surface area contributed by atoms with Crippen molar-refractivity contribution in [3.8, 4) is 5.75 Å². The topological polar surface area (TPSA) is 177 Å². The van der Waals surface area contributed by atoms with Gasteiger partial charge in [0.05, 0.1) is 25.3 Å². The number of carbonyl (C=O) groups is 4. The number of hydrogen-bond donors (Lipinski definition) is 3. The summed E-state index contributed by atoms with van der Waals surface area (Å²) in [6.45, 7) is 8.62. The largest absolute Gasteiger partial charge is 0.495 e. The van der Waals surface area contributed by atoms with Crippen LogP contribution < -0.4 is 15.0 Å². The summed E-state index contributed by atoms with van der Waals surface area (Å²) in [7, 11) is 3.47. The molecule has 3 aliphatic heterocycles. The van der Waals surface area contributed by atoms with E-state index >= 15 is 0 Å². The summed E-state index contributed by atoms with van der Waals surface area (Å²) in [4.78, 5) is 65.6. The number of alkyl carbamates (subject to hydrolysis) is 1. The molecule has 3 N–H and O–H groups in total. The molecule has 0 saturated carbocycles. The lowest BCUT2D eigenvalue weighted by atomic mass is 9.89. The summed E-state index contributed by atoms with van der Waals surface area (Å²) in [6, 6.07) is 3.93. The van der Waals surface area contributed by atoms with E-state index in [0.29, 0.717) is 23.9 Å². The number of halogens is 1. The first-order valence-electron chi connectivity index (χ1n) is 17.2. The number of carbonyl (C=O) groups excluding carboxylic acids is 4. The van der Waals surface area contributed by atoms with Gasteiger partial charge in [0, 0.05) is 40.5 Å². The van der Waals surface area contributed by atoms with Crippen molar-refractivity contribution in [1.29, 1.82) is 0 Å². The number of aliphatic hydroxyl groups is 1. The molecule has 0 unspecified atom stereocenters. The number of ether oxygens (including phenoxy) is 5. The number of esters is 1. The highest BCUT2D eigenvalue weighted by atomic mass is 35.5. The van der Waals surface area contributed by atoms with Crippen LogP contribution in [0.5, 0.6) is 5.75 Å². The Labute approximate surface area is 311 Å². The second kappa shape index (κ2) is 16.3. The first kappa shape index (κ1) is 41.3. The lowest BCUT2D eigenvalue weighted by Crippen LogP contribution is -2.62. The zero-order chi connectivity index (χ0) is 38.8. The van der Waals surface area contributed by atoms with Crippen molar-refractivity contribution in [3.05, 3.63) is 46.0 Å². The molecule has 2 fully saturated rings. The lowest BCUT2D eigenvalue weighted by molar-refractivity contribution is -0.157. The third kappa shape index (κ3) is 9.93. The first-order valence-corrected chi connectivity index (χ1v) is 20.8. The van der Waals surface area contributed by atoms with Crippen LogP contribution >= 0.6 is 11.6 Å². The second-order valence-electron chi connectivity index (χ2n) is 14.8. The Balaban J connectivity index is 1.71. The molecule has 3 heterocycles. The van der Waals surface area contributed by atoms with Crippen molar-refractivity contribution in [2.24, 2.45) is 0 Å². The van der Waals surface area contributed by atoms with Gasteiger partial charge in [-0.3, -0.25) is 19.7 Å². The molecule has 1 aromatic carbocycles. The summed E-state index contributed by atoms with van der Waals surface area (Å²) < 4.78 is 28.8. The Morgan fingerprint density at radius 1 is 1.21 bits per heavy atom. The summed E-state index contributed by atoms with van der Waals surface area (Å²) >= 11 is 6.74. The van der Waals surface area contributed by atoms with Crippen LogP contribution in [0.15, 0.2) is 35.4 Å². The minimum absolute atomic E-state index is 0.0457. The van der Waals surface area contributed by atoms with Crippen molar-refractivity contribution in [3.63, 3.8) is 0 Å². The van der Waals surface area contributed by atoms with Crippen LogP contribution in [0.1, 0.15) is 52.0 Å². The van der Waals surface area contributed by atoms with Gasteiger partial charge in [-0.05, 0) is 64.0 Å². The van der Waals surface area contributed by atoms with E-state index < -0.39 is 68.6 Å². The predicted molar refractivity (Wildman–Crippen MR) is 196 cm³/mol. The number of anilines is 1. The normalized spacial score (nSPS) is 30.4. The number of benzene rings is 1. The maximum atomic E-state index is 14.0. The standard InChI is InChI=1S/C36H52ClN3O11Si/c1-21-10-11-27(48-7)36(45)19-24(49-34(44)38-36)17-29-35(3,51-29)28(50-32(43)20-39(4)30(41)12-13-52(8,9)46)18-31(42)40(5)25-15-23(14-22(21)2)16-26(47-6)33(25)37/h10-11,15-16,24,27-29,45-46H,12-14,17-20H2,1-9H3,(H,38,44)/b11-10+,22-21+/t24-,27-,28+,29+,35+,36+/m1/s1. The number of rotatable bonds is 8. The molecule has 52 heavy (non-hydrogen) atoms. The highest BCUT2D eigenvalue weighted by molar-refractivity contribution is 6.69. The number of amides is 3. The van der Waals surface area contributed by atoms with Gasteiger partial charge in [0.25, 0.3) is 0 Å². The Morgan fingerprint density at radius 2 is 1.90 bits per heavy atom. The second-order valence-corrected chi connectivity index (χ2v) is 19.3. The smallest absolute Gasteiger partial charge is 0.409 e. The molecule has 0 spiro atoms. The molecule has 1 aromatic rings. The highest BCUT2D eigenvalue weighted by Gasteiger charge is 2.61. The Kier molecular flexibility index (Phi) is 12.9. The number of likely N-dealkylation sites (N-methyl/N-ethyl adjacent to an activating group) is 1. The summed E-state index contributed by atoms with van der Waals surface area (Å²) in [6.07, 6.45) is -0.569. The molecule has 16 heteroatoms. The van der Waals surface area contributed by atoms with Crippen LogP contribution in [-0.4, -0.2) is 118 Å². The number of fused-ring (bicyclic) bond motifs is 5. The minimum Gasteiger partial charge on any atom is -0.495 e. The van der Waals surface area contributed by atoms with Crippen LogP contribution in [0.2, 0.25) is 24.2 Å². The maximum Gasteiger partial charge on any atom is 0.409 e. The van der Waals surface area contributed by atoms with E-state index in [1.54, 1.807) is 45.3 Å². The molecule has 3 amide bonds. The summed E-state index contributed by atoms with van der Waals surface area (Å²) in [5.41, 5.74) is 0.0375. The van der Waals surface area contributed by atoms with E-state index in [4.69, 9.17) is 35.3 Å². The highest BCUT2D eigenvalue weighted by Crippen LogP contribution is 2.46. The van der Waals surface area contributed by atoms with Crippen LogP contribution in [0, 0.1) is 0 Å². The molecule has 288 valence electrons. The molecule has 6 atom stereocenters. The van der Waals surface area contributed by atoms with Gasteiger partial charge in [-0.25, -0.2) is 4.79 Å². The third-order valence-corrected chi connectivity index (χ3v) is 11.9. The van der Waals surface area contributed by atoms with Crippen molar-refractivity contribution < 1.29 is 52.8 Å². The molecular weight excluding hydrogens is 714 g/mol. The molecule has 4 rings (SSSR count). The third-order valence-electron chi connectivity index (χ3n) is 10.0. The van der Waals surface area contributed by atoms with Gasteiger partial charge in [0.1, 0.15) is 41.2 Å². The molecule has 0 aliphatic carbocycles. The molecule has 4 bridgehead atoms. The van der Waals surface area contributed by atoms with Crippen molar-refractivity contribution in [2.45, 2.75) is 108 Å². The maximum absolute atomic E-state index is 14.0. The Hall–Kier alpha value is -3.47. The number of hydrogen-bond acceptors (Lipinski definition) is 11. The summed E-state index contributed by atoms with van der Waals surface area (Å²) in [5.74, 6) is -1.17. The monoisotopic (exact) mass is 765 g/mol. The van der Waals surface area contributed by atoms with Gasteiger partial charge in [-0.1, -0.05) is 34.9 Å². The van der Waals surface area contributed by atoms with Crippen LogP contribution in [0.3, 0.4) is 0 Å². The van der Waals surface area contributed by atoms with E-state index in [-0.39, 0.29) is 36.6 Å². The van der Waals surface area contributed by atoms with Crippen LogP contribution in [-0.2, 0) is 39.8 Å². The van der Waals surface area contributed by atoms with E-state index in [2.05, 4.69) is 5.32 Å². The van der Waals surface area contributed by atoms with Gasteiger partial charge in [0.2, 0.25) is 11.8 Å². The fourth-order valence-electron chi connectivity index (χ4n) is 6.45. The van der Waals surface area contributed by atoms with Gasteiger partial charge in [-0.2, -0.15) is 0 Å². The fourth-order valence-corrected chi connectivity index (χ4v) is 7.59. The first-order chi connectivity index (χ1) is 24.2. The van der Waals surface area contributed by atoms with Gasteiger partial charge >= 0.3 is 12.1 Å².